The number of rotatable bonds is 4. The number of furan rings is 1. The molecule has 7 nitrogen and oxygen atoms in total. The lowest BCUT2D eigenvalue weighted by molar-refractivity contribution is -0.119. The fraction of sp³-hybridized carbons (Fsp3) is 0.364. The van der Waals surface area contributed by atoms with Gasteiger partial charge in [-0.3, -0.25) is 9.59 Å². The van der Waals surface area contributed by atoms with Gasteiger partial charge in [0.05, 0.1) is 5.56 Å². The average Bonchev–Trinajstić information content (AvgIpc) is 2.94. The van der Waals surface area contributed by atoms with E-state index in [1.807, 2.05) is 0 Å². The van der Waals surface area contributed by atoms with Crippen molar-refractivity contribution in [3.8, 4) is 0 Å². The number of carbonyl (C=O) groups excluding carboxylic acids is 2. The van der Waals surface area contributed by atoms with E-state index in [1.165, 1.54) is 0 Å². The molecule has 0 spiro atoms. The molecular weight excluding hydrogens is 240 g/mol. The minimum absolute atomic E-state index is 0.0274. The smallest absolute Gasteiger partial charge is 0.338 e. The quantitative estimate of drug-likeness (QED) is 0.698. The summed E-state index contributed by atoms with van der Waals surface area (Å²) in [6.45, 7) is 0.299. The molecule has 7 heteroatoms. The summed E-state index contributed by atoms with van der Waals surface area (Å²) >= 11 is 0. The Morgan fingerprint density at radius 3 is 2.89 bits per heavy atom. The van der Waals surface area contributed by atoms with Crippen LogP contribution in [-0.4, -0.2) is 35.5 Å². The SMILES string of the molecule is O=C1CCC(CNC(=O)c2cc(C(=O)O)co2)N1. The van der Waals surface area contributed by atoms with Gasteiger partial charge in [-0.25, -0.2) is 4.79 Å². The van der Waals surface area contributed by atoms with Gasteiger partial charge in [-0.2, -0.15) is 0 Å². The molecule has 0 radical (unpaired) electrons. The maximum absolute atomic E-state index is 11.6. The van der Waals surface area contributed by atoms with Crippen molar-refractivity contribution in [3.05, 3.63) is 23.7 Å². The highest BCUT2D eigenvalue weighted by molar-refractivity contribution is 5.95. The van der Waals surface area contributed by atoms with Crippen molar-refractivity contribution in [2.75, 3.05) is 6.54 Å². The van der Waals surface area contributed by atoms with Gasteiger partial charge in [-0.1, -0.05) is 0 Å². The van der Waals surface area contributed by atoms with Gasteiger partial charge in [0.1, 0.15) is 6.26 Å². The standard InChI is InChI=1S/C11H12N2O5/c14-9-2-1-7(13-9)4-12-10(15)8-3-6(5-18-8)11(16)17/h3,5,7H,1-2,4H2,(H,12,15)(H,13,14)(H,16,17). The molecule has 3 N–H and O–H groups in total. The van der Waals surface area contributed by atoms with Crippen molar-refractivity contribution in [3.63, 3.8) is 0 Å². The van der Waals surface area contributed by atoms with E-state index in [9.17, 15) is 14.4 Å². The minimum atomic E-state index is -1.15. The molecule has 2 amide bonds. The highest BCUT2D eigenvalue weighted by atomic mass is 16.4. The third-order valence-corrected chi connectivity index (χ3v) is 2.66. The summed E-state index contributed by atoms with van der Waals surface area (Å²) in [5.74, 6) is -1.73. The Labute approximate surface area is 102 Å². The molecule has 1 aliphatic heterocycles. The summed E-state index contributed by atoms with van der Waals surface area (Å²) in [7, 11) is 0. The summed E-state index contributed by atoms with van der Waals surface area (Å²) in [6, 6.07) is 1.08. The fourth-order valence-electron chi connectivity index (χ4n) is 1.70. The molecule has 1 aliphatic rings. The monoisotopic (exact) mass is 252 g/mol. The molecule has 0 aromatic carbocycles. The second kappa shape index (κ2) is 4.91. The molecule has 1 aromatic heterocycles. The lowest BCUT2D eigenvalue weighted by atomic mass is 10.2. The Morgan fingerprint density at radius 2 is 2.33 bits per heavy atom. The Kier molecular flexibility index (Phi) is 3.31. The number of carbonyl (C=O) groups is 3. The predicted octanol–water partition coefficient (Wildman–Crippen LogP) is -0.0138. The van der Waals surface area contributed by atoms with Crippen LogP contribution in [0.4, 0.5) is 0 Å². The second-order valence-electron chi connectivity index (χ2n) is 4.02. The zero-order valence-electron chi connectivity index (χ0n) is 9.43. The molecule has 2 heterocycles. The Bertz CT molecular complexity index is 493. The molecule has 1 saturated heterocycles. The van der Waals surface area contributed by atoms with Crippen molar-refractivity contribution in [2.45, 2.75) is 18.9 Å². The lowest BCUT2D eigenvalue weighted by Gasteiger charge is -2.09. The van der Waals surface area contributed by atoms with E-state index in [2.05, 4.69) is 10.6 Å². The maximum atomic E-state index is 11.6. The number of carboxylic acids is 1. The number of aromatic carboxylic acids is 1. The molecule has 2 rings (SSSR count). The van der Waals surface area contributed by atoms with Crippen LogP contribution in [0, 0.1) is 0 Å². The fourth-order valence-corrected chi connectivity index (χ4v) is 1.70. The minimum Gasteiger partial charge on any atom is -0.478 e. The first kappa shape index (κ1) is 12.2. The molecule has 18 heavy (non-hydrogen) atoms. The van der Waals surface area contributed by atoms with Crippen LogP contribution >= 0.6 is 0 Å². The first-order valence-corrected chi connectivity index (χ1v) is 5.45. The number of nitrogens with one attached hydrogen (secondary N) is 2. The number of hydrogen-bond acceptors (Lipinski definition) is 4. The molecule has 1 unspecified atom stereocenters. The van der Waals surface area contributed by atoms with Gasteiger partial charge in [0.25, 0.3) is 5.91 Å². The van der Waals surface area contributed by atoms with Gasteiger partial charge >= 0.3 is 5.97 Å². The highest BCUT2D eigenvalue weighted by Crippen LogP contribution is 2.09. The van der Waals surface area contributed by atoms with Crippen LogP contribution in [0.15, 0.2) is 16.7 Å². The summed E-state index contributed by atoms with van der Waals surface area (Å²) < 4.78 is 4.84. The van der Waals surface area contributed by atoms with E-state index in [-0.39, 0.29) is 23.3 Å². The van der Waals surface area contributed by atoms with Crippen molar-refractivity contribution < 1.29 is 23.9 Å². The van der Waals surface area contributed by atoms with E-state index < -0.39 is 11.9 Å². The Morgan fingerprint density at radius 1 is 1.56 bits per heavy atom. The normalized spacial score (nSPS) is 18.4. The molecule has 1 atom stereocenters. The predicted molar refractivity (Wildman–Crippen MR) is 59.2 cm³/mol. The van der Waals surface area contributed by atoms with Crippen molar-refractivity contribution >= 4 is 17.8 Å². The van der Waals surface area contributed by atoms with E-state index in [0.717, 1.165) is 12.3 Å². The van der Waals surface area contributed by atoms with Gasteiger partial charge in [-0.15, -0.1) is 0 Å². The molecule has 0 saturated carbocycles. The summed E-state index contributed by atoms with van der Waals surface area (Å²) in [4.78, 5) is 33.1. The van der Waals surface area contributed by atoms with Crippen molar-refractivity contribution in [1.82, 2.24) is 10.6 Å². The van der Waals surface area contributed by atoms with Crippen LogP contribution in [0.3, 0.4) is 0 Å². The van der Waals surface area contributed by atoms with E-state index in [4.69, 9.17) is 9.52 Å². The Balaban J connectivity index is 1.87. The second-order valence-corrected chi connectivity index (χ2v) is 4.02. The summed E-state index contributed by atoms with van der Waals surface area (Å²) in [5.41, 5.74) is -0.0747. The molecule has 0 bridgehead atoms. The molecular formula is C11H12N2O5. The number of carboxylic acid groups (broad SMARTS) is 1. The summed E-state index contributed by atoms with van der Waals surface area (Å²) in [5, 5.41) is 14.0. The zero-order chi connectivity index (χ0) is 13.1. The van der Waals surface area contributed by atoms with E-state index in [1.54, 1.807) is 0 Å². The number of hydrogen-bond donors (Lipinski definition) is 3. The molecule has 1 fully saturated rings. The number of amides is 2. The van der Waals surface area contributed by atoms with Gasteiger partial charge in [0.15, 0.2) is 5.76 Å². The maximum Gasteiger partial charge on any atom is 0.338 e. The largest absolute Gasteiger partial charge is 0.478 e. The summed E-state index contributed by atoms with van der Waals surface area (Å²) in [6.07, 6.45) is 2.15. The van der Waals surface area contributed by atoms with Gasteiger partial charge in [-0.05, 0) is 6.42 Å². The third-order valence-electron chi connectivity index (χ3n) is 2.66. The van der Waals surface area contributed by atoms with Crippen LogP contribution in [0.2, 0.25) is 0 Å². The van der Waals surface area contributed by atoms with E-state index >= 15 is 0 Å². The topological polar surface area (TPSA) is 109 Å². The van der Waals surface area contributed by atoms with Gasteiger partial charge in [0.2, 0.25) is 5.91 Å². The van der Waals surface area contributed by atoms with Gasteiger partial charge < -0.3 is 20.2 Å². The Hall–Kier alpha value is -2.31. The van der Waals surface area contributed by atoms with Crippen molar-refractivity contribution in [1.29, 1.82) is 0 Å². The lowest BCUT2D eigenvalue weighted by Crippen LogP contribution is -2.38. The van der Waals surface area contributed by atoms with Crippen LogP contribution in [0.1, 0.15) is 33.8 Å². The average molecular weight is 252 g/mol. The molecule has 0 aliphatic carbocycles. The van der Waals surface area contributed by atoms with Crippen LogP contribution < -0.4 is 10.6 Å². The van der Waals surface area contributed by atoms with Crippen molar-refractivity contribution in [2.24, 2.45) is 0 Å². The first-order chi connectivity index (χ1) is 8.56. The molecule has 1 aromatic rings. The van der Waals surface area contributed by atoms with Crippen LogP contribution in [0.5, 0.6) is 0 Å². The zero-order valence-corrected chi connectivity index (χ0v) is 9.43. The first-order valence-electron chi connectivity index (χ1n) is 5.45. The highest BCUT2D eigenvalue weighted by Gasteiger charge is 2.22. The third kappa shape index (κ3) is 2.68. The van der Waals surface area contributed by atoms with Crippen LogP contribution in [0.25, 0.3) is 0 Å². The molecule has 96 valence electrons. The van der Waals surface area contributed by atoms with Crippen LogP contribution in [-0.2, 0) is 4.79 Å². The van der Waals surface area contributed by atoms with E-state index in [0.29, 0.717) is 19.4 Å². The van der Waals surface area contributed by atoms with Gasteiger partial charge in [0, 0.05) is 25.1 Å².